The molecule has 2 amide bonds. The van der Waals surface area contributed by atoms with E-state index in [2.05, 4.69) is 38.7 Å². The Kier molecular flexibility index (Phi) is 7.08. The molecule has 1 aromatic carbocycles. The van der Waals surface area contributed by atoms with Crippen LogP contribution in [-0.4, -0.2) is 70.2 Å². The molecule has 0 bridgehead atoms. The van der Waals surface area contributed by atoms with E-state index in [1.54, 1.807) is 28.9 Å². The van der Waals surface area contributed by atoms with E-state index in [0.29, 0.717) is 31.1 Å². The zero-order valence-corrected chi connectivity index (χ0v) is 19.7. The van der Waals surface area contributed by atoms with Crippen molar-refractivity contribution in [1.82, 2.24) is 19.6 Å². The van der Waals surface area contributed by atoms with Crippen LogP contribution in [0.5, 0.6) is 0 Å². The minimum absolute atomic E-state index is 0.0167. The van der Waals surface area contributed by atoms with Gasteiger partial charge in [-0.15, -0.1) is 0 Å². The summed E-state index contributed by atoms with van der Waals surface area (Å²) in [7, 11) is 0. The molecule has 1 atom stereocenters. The maximum atomic E-state index is 12.7. The van der Waals surface area contributed by atoms with Crippen molar-refractivity contribution in [2.75, 3.05) is 38.2 Å². The number of aromatic nitrogens is 2. The average molecular weight is 478 g/mol. The van der Waals surface area contributed by atoms with Crippen LogP contribution in [-0.2, 0) is 22.5 Å². The summed E-state index contributed by atoms with van der Waals surface area (Å²) in [5.41, 5.74) is 4.17. The molecule has 5 rings (SSSR count). The number of nitrogens with zero attached hydrogens (tertiary/aromatic N) is 3. The summed E-state index contributed by atoms with van der Waals surface area (Å²) < 4.78 is 7.04. The summed E-state index contributed by atoms with van der Waals surface area (Å²) in [4.78, 5) is 31.7. The topological polar surface area (TPSA) is 108 Å². The third kappa shape index (κ3) is 5.70. The lowest BCUT2D eigenvalue weighted by molar-refractivity contribution is -0.122. The summed E-state index contributed by atoms with van der Waals surface area (Å²) in [6, 6.07) is 11.9. The third-order valence-electron chi connectivity index (χ3n) is 6.72. The first-order valence-electron chi connectivity index (χ1n) is 12.2. The fourth-order valence-electron chi connectivity index (χ4n) is 4.75. The first-order valence-corrected chi connectivity index (χ1v) is 12.2. The van der Waals surface area contributed by atoms with Gasteiger partial charge in [0.15, 0.2) is 0 Å². The minimum Gasteiger partial charge on any atom is -0.390 e. The summed E-state index contributed by atoms with van der Waals surface area (Å²) in [6.45, 7) is 3.56. The van der Waals surface area contributed by atoms with Crippen LogP contribution in [0.15, 0.2) is 48.8 Å². The van der Waals surface area contributed by atoms with Crippen LogP contribution in [0.3, 0.4) is 0 Å². The second-order valence-corrected chi connectivity index (χ2v) is 9.30. The Labute approximate surface area is 204 Å². The van der Waals surface area contributed by atoms with Gasteiger partial charge in [-0.05, 0) is 42.5 Å². The molecular formula is C26H31N5O4. The number of rotatable bonds is 7. The van der Waals surface area contributed by atoms with Gasteiger partial charge in [-0.1, -0.05) is 24.3 Å². The van der Waals surface area contributed by atoms with Crippen molar-refractivity contribution < 1.29 is 19.4 Å². The van der Waals surface area contributed by atoms with Gasteiger partial charge in [0.1, 0.15) is 11.3 Å². The Hall–Kier alpha value is -3.27. The molecule has 3 N–H and O–H groups in total. The number of pyridine rings is 1. The molecule has 184 valence electrons. The highest BCUT2D eigenvalue weighted by Crippen LogP contribution is 2.19. The normalized spacial score (nSPS) is 17.6. The van der Waals surface area contributed by atoms with Crippen LogP contribution in [0.25, 0.3) is 5.65 Å². The molecule has 0 unspecified atom stereocenters. The molecule has 0 radical (unpaired) electrons. The van der Waals surface area contributed by atoms with Crippen LogP contribution in [0.2, 0.25) is 0 Å². The quantitative estimate of drug-likeness (QED) is 0.479. The van der Waals surface area contributed by atoms with Crippen molar-refractivity contribution in [1.29, 1.82) is 0 Å². The fourth-order valence-corrected chi connectivity index (χ4v) is 4.75. The van der Waals surface area contributed by atoms with Gasteiger partial charge in [0, 0.05) is 57.7 Å². The number of imidazole rings is 1. The van der Waals surface area contributed by atoms with E-state index in [1.165, 1.54) is 11.1 Å². The monoisotopic (exact) mass is 477 g/mol. The number of carbonyl (C=O) groups excluding carboxylic acids is 2. The molecule has 9 heteroatoms. The highest BCUT2D eigenvalue weighted by Gasteiger charge is 2.22. The SMILES string of the molecule is O=C(NC[C@H](O)CN1CCc2ccccc2C1)c1cn2cc(NC(=O)C3CCOCC3)ccc2n1. The first kappa shape index (κ1) is 23.5. The Bertz CT molecular complexity index is 1200. The van der Waals surface area contributed by atoms with Crippen molar-refractivity contribution in [3.8, 4) is 0 Å². The number of hydrogen-bond acceptors (Lipinski definition) is 6. The molecule has 0 aliphatic carbocycles. The summed E-state index contributed by atoms with van der Waals surface area (Å²) in [5, 5.41) is 16.2. The molecule has 4 heterocycles. The van der Waals surface area contributed by atoms with Crippen LogP contribution in [0.1, 0.15) is 34.5 Å². The lowest BCUT2D eigenvalue weighted by Gasteiger charge is -2.30. The first-order chi connectivity index (χ1) is 17.0. The number of ether oxygens (including phenoxy) is 1. The Morgan fingerprint density at radius 3 is 2.74 bits per heavy atom. The van der Waals surface area contributed by atoms with E-state index in [0.717, 1.165) is 32.4 Å². The number of carbonyl (C=O) groups is 2. The lowest BCUT2D eigenvalue weighted by atomic mass is 9.99. The van der Waals surface area contributed by atoms with E-state index in [4.69, 9.17) is 4.74 Å². The summed E-state index contributed by atoms with van der Waals surface area (Å²) in [6.07, 6.45) is 5.12. The van der Waals surface area contributed by atoms with Gasteiger partial charge in [-0.2, -0.15) is 0 Å². The van der Waals surface area contributed by atoms with Crippen molar-refractivity contribution in [3.05, 3.63) is 65.6 Å². The maximum absolute atomic E-state index is 12.7. The summed E-state index contributed by atoms with van der Waals surface area (Å²) >= 11 is 0. The number of aliphatic hydroxyl groups excluding tert-OH is 1. The van der Waals surface area contributed by atoms with Gasteiger partial charge in [0.2, 0.25) is 5.91 Å². The Morgan fingerprint density at radius 2 is 1.91 bits per heavy atom. The summed E-state index contributed by atoms with van der Waals surface area (Å²) in [5.74, 6) is -0.406. The van der Waals surface area contributed by atoms with Crippen LogP contribution < -0.4 is 10.6 Å². The third-order valence-corrected chi connectivity index (χ3v) is 6.72. The standard InChI is InChI=1S/C26H31N5O4/c32-22(16-30-10-7-18-3-1-2-4-20(18)14-30)13-27-26(34)23-17-31-15-21(5-6-24(31)29-23)28-25(33)19-8-11-35-12-9-19/h1-6,15,17,19,22,32H,7-14,16H2,(H,27,34)(H,28,33)/t22-/m0/s1. The van der Waals surface area contributed by atoms with Crippen molar-refractivity contribution in [2.24, 2.45) is 5.92 Å². The van der Waals surface area contributed by atoms with Gasteiger partial charge in [0.25, 0.3) is 5.91 Å². The molecule has 1 saturated heterocycles. The molecular weight excluding hydrogens is 446 g/mol. The smallest absolute Gasteiger partial charge is 0.271 e. The fraction of sp³-hybridized carbons (Fsp3) is 0.423. The van der Waals surface area contributed by atoms with Crippen LogP contribution in [0.4, 0.5) is 5.69 Å². The molecule has 2 aliphatic heterocycles. The number of nitrogens with one attached hydrogen (secondary N) is 2. The zero-order chi connectivity index (χ0) is 24.2. The van der Waals surface area contributed by atoms with E-state index in [1.807, 2.05) is 6.07 Å². The highest BCUT2D eigenvalue weighted by molar-refractivity contribution is 5.94. The molecule has 9 nitrogen and oxygen atoms in total. The Morgan fingerprint density at radius 1 is 1.11 bits per heavy atom. The molecule has 2 aliphatic rings. The largest absolute Gasteiger partial charge is 0.390 e. The predicted octanol–water partition coefficient (Wildman–Crippen LogP) is 1.85. The van der Waals surface area contributed by atoms with Crippen LogP contribution in [0, 0.1) is 5.92 Å². The van der Waals surface area contributed by atoms with Crippen molar-refractivity contribution >= 4 is 23.1 Å². The number of anilines is 1. The van der Waals surface area contributed by atoms with Gasteiger partial charge in [-0.3, -0.25) is 14.5 Å². The number of fused-ring (bicyclic) bond motifs is 2. The second kappa shape index (κ2) is 10.6. The maximum Gasteiger partial charge on any atom is 0.271 e. The zero-order valence-electron chi connectivity index (χ0n) is 19.7. The molecule has 2 aromatic heterocycles. The van der Waals surface area contributed by atoms with Crippen LogP contribution >= 0.6 is 0 Å². The molecule has 3 aromatic rings. The number of β-amino-alcohol motifs (C(OH)–C–C–N with tert-alkyl or cyclic N) is 1. The Balaban J connectivity index is 1.13. The van der Waals surface area contributed by atoms with E-state index < -0.39 is 6.10 Å². The van der Waals surface area contributed by atoms with E-state index in [9.17, 15) is 14.7 Å². The van der Waals surface area contributed by atoms with E-state index >= 15 is 0 Å². The lowest BCUT2D eigenvalue weighted by Crippen LogP contribution is -2.42. The number of amides is 2. The highest BCUT2D eigenvalue weighted by atomic mass is 16.5. The van der Waals surface area contributed by atoms with Crippen molar-refractivity contribution in [3.63, 3.8) is 0 Å². The predicted molar refractivity (Wildman–Crippen MR) is 131 cm³/mol. The van der Waals surface area contributed by atoms with Gasteiger partial charge >= 0.3 is 0 Å². The molecule has 0 spiro atoms. The second-order valence-electron chi connectivity index (χ2n) is 9.30. The minimum atomic E-state index is -0.673. The van der Waals surface area contributed by atoms with Gasteiger partial charge in [0.05, 0.1) is 11.8 Å². The average Bonchev–Trinajstić information content (AvgIpc) is 3.31. The van der Waals surface area contributed by atoms with Gasteiger partial charge in [-0.25, -0.2) is 4.98 Å². The van der Waals surface area contributed by atoms with Gasteiger partial charge < -0.3 is 24.9 Å². The van der Waals surface area contributed by atoms with Crippen molar-refractivity contribution in [2.45, 2.75) is 31.9 Å². The molecule has 35 heavy (non-hydrogen) atoms. The molecule has 0 saturated carbocycles. The number of benzene rings is 1. The number of aliphatic hydroxyl groups is 1. The molecule has 1 fully saturated rings. The number of hydrogen-bond donors (Lipinski definition) is 3. The van der Waals surface area contributed by atoms with E-state index in [-0.39, 0.29) is 30.0 Å².